The third kappa shape index (κ3) is 2.74. The molecule has 1 aromatic heterocycles. The van der Waals surface area contributed by atoms with Gasteiger partial charge in [-0.25, -0.2) is 0 Å². The summed E-state index contributed by atoms with van der Waals surface area (Å²) in [5.74, 6) is 2.22. The zero-order valence-corrected chi connectivity index (χ0v) is 11.2. The molecule has 0 aliphatic heterocycles. The molecule has 1 heterocycles. The van der Waals surface area contributed by atoms with Gasteiger partial charge in [0, 0.05) is 12.8 Å². The first-order valence-electron chi connectivity index (χ1n) is 4.63. The van der Waals surface area contributed by atoms with E-state index in [1.54, 1.807) is 0 Å². The molecule has 1 atom stereocenters. The number of aryl methyl sites for hydroxylation is 1. The van der Waals surface area contributed by atoms with Crippen LogP contribution in [0.25, 0.3) is 0 Å². The fourth-order valence-corrected chi connectivity index (χ4v) is 2.77. The maximum Gasteiger partial charge on any atom is 0.0700 e. The summed E-state index contributed by atoms with van der Waals surface area (Å²) in [4.78, 5) is 0. The van der Waals surface area contributed by atoms with Crippen LogP contribution in [0.1, 0.15) is 18.7 Å². The van der Waals surface area contributed by atoms with E-state index >= 15 is 0 Å². The summed E-state index contributed by atoms with van der Waals surface area (Å²) < 4.78 is 3.00. The Balaban J connectivity index is 2.77. The summed E-state index contributed by atoms with van der Waals surface area (Å²) in [6, 6.07) is 0.363. The Morgan fingerprint density at radius 3 is 2.86 bits per heavy atom. The molecule has 1 aromatic rings. The van der Waals surface area contributed by atoms with Gasteiger partial charge in [-0.2, -0.15) is 16.9 Å². The van der Waals surface area contributed by atoms with Crippen LogP contribution in [0, 0.1) is 0 Å². The van der Waals surface area contributed by atoms with Crippen molar-refractivity contribution in [1.29, 1.82) is 0 Å². The number of rotatable bonds is 5. The van der Waals surface area contributed by atoms with Crippen molar-refractivity contribution in [3.8, 4) is 0 Å². The lowest BCUT2D eigenvalue weighted by atomic mass is 10.2. The van der Waals surface area contributed by atoms with Gasteiger partial charge in [0.1, 0.15) is 0 Å². The summed E-state index contributed by atoms with van der Waals surface area (Å²) in [6.45, 7) is 2.18. The van der Waals surface area contributed by atoms with E-state index < -0.39 is 0 Å². The van der Waals surface area contributed by atoms with Crippen LogP contribution in [0.2, 0.25) is 0 Å². The van der Waals surface area contributed by atoms with Crippen molar-refractivity contribution in [2.24, 2.45) is 7.05 Å². The van der Waals surface area contributed by atoms with E-state index in [9.17, 15) is 0 Å². The van der Waals surface area contributed by atoms with Gasteiger partial charge in [-0.3, -0.25) is 4.68 Å². The summed E-state index contributed by atoms with van der Waals surface area (Å²) in [5.41, 5.74) is 1.22. The molecule has 1 N–H and O–H groups in total. The van der Waals surface area contributed by atoms with Gasteiger partial charge in [0.05, 0.1) is 22.4 Å². The first-order chi connectivity index (χ1) is 6.70. The largest absolute Gasteiger partial charge is 0.311 e. The zero-order chi connectivity index (χ0) is 10.6. The molecule has 0 aliphatic carbocycles. The Hall–Kier alpha value is 0. The van der Waals surface area contributed by atoms with Gasteiger partial charge < -0.3 is 5.32 Å². The van der Waals surface area contributed by atoms with Crippen LogP contribution >= 0.6 is 27.7 Å². The van der Waals surface area contributed by atoms with Crippen molar-refractivity contribution < 1.29 is 0 Å². The molecule has 1 unspecified atom stereocenters. The van der Waals surface area contributed by atoms with E-state index in [0.717, 1.165) is 16.0 Å². The highest BCUT2D eigenvalue weighted by Gasteiger charge is 2.16. The molecule has 0 aliphatic rings. The van der Waals surface area contributed by atoms with Crippen LogP contribution in [-0.2, 0) is 7.05 Å². The number of nitrogens with one attached hydrogen (secondary N) is 1. The lowest BCUT2D eigenvalue weighted by Crippen LogP contribution is -2.22. The lowest BCUT2D eigenvalue weighted by Gasteiger charge is -2.16. The number of aromatic nitrogens is 2. The van der Waals surface area contributed by atoms with Crippen LogP contribution in [0.4, 0.5) is 0 Å². The molecular formula is C9H16BrN3S. The summed E-state index contributed by atoms with van der Waals surface area (Å²) in [5, 5.41) is 7.52. The Bertz CT molecular complexity index is 268. The average Bonchev–Trinajstić information content (AvgIpc) is 2.50. The van der Waals surface area contributed by atoms with Crippen LogP contribution in [-0.4, -0.2) is 28.3 Å². The SMILES string of the molecule is CCSCC(NC)c1c(Br)cnn1C. The van der Waals surface area contributed by atoms with Gasteiger partial charge in [-0.15, -0.1) is 0 Å². The molecule has 0 saturated heterocycles. The third-order valence-corrected chi connectivity index (χ3v) is 3.69. The predicted octanol–water partition coefficient (Wildman–Crippen LogP) is 2.20. The highest BCUT2D eigenvalue weighted by molar-refractivity contribution is 9.10. The fraction of sp³-hybridized carbons (Fsp3) is 0.667. The number of hydrogen-bond donors (Lipinski definition) is 1. The molecule has 3 nitrogen and oxygen atoms in total. The number of thioether (sulfide) groups is 1. The van der Waals surface area contributed by atoms with E-state index in [1.807, 2.05) is 36.7 Å². The first-order valence-corrected chi connectivity index (χ1v) is 6.57. The van der Waals surface area contributed by atoms with Crippen LogP contribution in [0.15, 0.2) is 10.7 Å². The van der Waals surface area contributed by atoms with Crippen LogP contribution in [0.5, 0.6) is 0 Å². The molecule has 0 saturated carbocycles. The fourth-order valence-electron chi connectivity index (χ4n) is 1.35. The summed E-state index contributed by atoms with van der Waals surface area (Å²) >= 11 is 5.45. The molecule has 0 fully saturated rings. The molecular weight excluding hydrogens is 262 g/mol. The first kappa shape index (κ1) is 12.1. The summed E-state index contributed by atoms with van der Waals surface area (Å²) in [6.07, 6.45) is 1.84. The Kier molecular flexibility index (Phi) is 4.98. The van der Waals surface area contributed by atoms with Gasteiger partial charge in [0.2, 0.25) is 0 Å². The van der Waals surface area contributed by atoms with Crippen LogP contribution < -0.4 is 5.32 Å². The number of hydrogen-bond acceptors (Lipinski definition) is 3. The van der Waals surface area contributed by atoms with Crippen molar-refractivity contribution in [3.05, 3.63) is 16.4 Å². The molecule has 0 amide bonds. The predicted molar refractivity (Wildman–Crippen MR) is 65.7 cm³/mol. The molecule has 0 spiro atoms. The topological polar surface area (TPSA) is 29.9 Å². The minimum absolute atomic E-state index is 0.363. The summed E-state index contributed by atoms with van der Waals surface area (Å²) in [7, 11) is 3.96. The maximum absolute atomic E-state index is 4.21. The molecule has 0 aromatic carbocycles. The smallest absolute Gasteiger partial charge is 0.0700 e. The van der Waals surface area contributed by atoms with Crippen molar-refractivity contribution in [3.63, 3.8) is 0 Å². The Morgan fingerprint density at radius 2 is 2.43 bits per heavy atom. The van der Waals surface area contributed by atoms with Crippen molar-refractivity contribution in [1.82, 2.24) is 15.1 Å². The van der Waals surface area contributed by atoms with Gasteiger partial charge in [0.15, 0.2) is 0 Å². The average molecular weight is 278 g/mol. The minimum Gasteiger partial charge on any atom is -0.311 e. The molecule has 14 heavy (non-hydrogen) atoms. The molecule has 5 heteroatoms. The van der Waals surface area contributed by atoms with E-state index in [4.69, 9.17) is 0 Å². The second kappa shape index (κ2) is 5.78. The molecule has 0 radical (unpaired) electrons. The van der Waals surface area contributed by atoms with E-state index in [-0.39, 0.29) is 0 Å². The van der Waals surface area contributed by atoms with E-state index in [2.05, 4.69) is 33.3 Å². The van der Waals surface area contributed by atoms with Crippen molar-refractivity contribution in [2.45, 2.75) is 13.0 Å². The standard InChI is InChI=1S/C9H16BrN3S/c1-4-14-6-8(11-2)9-7(10)5-12-13(9)3/h5,8,11H,4,6H2,1-3H3. The van der Waals surface area contributed by atoms with Crippen molar-refractivity contribution >= 4 is 27.7 Å². The third-order valence-electron chi connectivity index (χ3n) is 2.10. The Morgan fingerprint density at radius 1 is 1.71 bits per heavy atom. The molecule has 80 valence electrons. The van der Waals surface area contributed by atoms with Gasteiger partial charge in [-0.1, -0.05) is 6.92 Å². The highest BCUT2D eigenvalue weighted by atomic mass is 79.9. The van der Waals surface area contributed by atoms with Gasteiger partial charge in [0.25, 0.3) is 0 Å². The zero-order valence-electron chi connectivity index (χ0n) is 8.75. The van der Waals surface area contributed by atoms with Gasteiger partial charge in [-0.05, 0) is 28.7 Å². The van der Waals surface area contributed by atoms with E-state index in [0.29, 0.717) is 6.04 Å². The second-order valence-electron chi connectivity index (χ2n) is 3.00. The Labute approximate surface area is 97.8 Å². The molecule has 0 bridgehead atoms. The number of nitrogens with zero attached hydrogens (tertiary/aromatic N) is 2. The van der Waals surface area contributed by atoms with E-state index in [1.165, 1.54) is 5.69 Å². The normalized spacial score (nSPS) is 13.1. The second-order valence-corrected chi connectivity index (χ2v) is 5.18. The highest BCUT2D eigenvalue weighted by Crippen LogP contribution is 2.24. The maximum atomic E-state index is 4.21. The lowest BCUT2D eigenvalue weighted by molar-refractivity contribution is 0.584. The van der Waals surface area contributed by atoms with Gasteiger partial charge >= 0.3 is 0 Å². The van der Waals surface area contributed by atoms with Crippen LogP contribution in [0.3, 0.4) is 0 Å². The molecule has 1 rings (SSSR count). The van der Waals surface area contributed by atoms with Crippen molar-refractivity contribution in [2.75, 3.05) is 18.6 Å². The quantitative estimate of drug-likeness (QED) is 0.895. The minimum atomic E-state index is 0.363. The monoisotopic (exact) mass is 277 g/mol. The number of halogens is 1.